The van der Waals surface area contributed by atoms with Gasteiger partial charge in [0.2, 0.25) is 0 Å². The Hall–Kier alpha value is -0.730. The van der Waals surface area contributed by atoms with Gasteiger partial charge in [-0.05, 0) is 43.2 Å². The highest BCUT2D eigenvalue weighted by molar-refractivity contribution is 6.35. The molecule has 1 nitrogen and oxygen atoms in total. The van der Waals surface area contributed by atoms with E-state index in [2.05, 4.69) is 19.2 Å². The first-order valence-electron chi connectivity index (χ1n) is 6.44. The minimum Gasteiger partial charge on any atom is -0.304 e. The van der Waals surface area contributed by atoms with Crippen LogP contribution in [0.25, 0.3) is 0 Å². The van der Waals surface area contributed by atoms with Crippen molar-refractivity contribution >= 4 is 34.8 Å². The molecule has 2 atom stereocenters. The molecule has 0 aromatic heterocycles. The molecule has 0 bridgehead atoms. The zero-order valence-corrected chi connectivity index (χ0v) is 13.6. The second-order valence-electron chi connectivity index (χ2n) is 4.80. The maximum Gasteiger partial charge on any atom is 0.0468 e. The Morgan fingerprint density at radius 2 is 1.40 bits per heavy atom. The number of halogens is 3. The summed E-state index contributed by atoms with van der Waals surface area (Å²) in [6, 6.07) is 13.6. The molecule has 4 heteroatoms. The maximum absolute atomic E-state index is 6.23. The predicted molar refractivity (Wildman–Crippen MR) is 87.9 cm³/mol. The molecule has 0 aliphatic rings. The zero-order valence-electron chi connectivity index (χ0n) is 11.3. The minimum absolute atomic E-state index is 0.103. The van der Waals surface area contributed by atoms with Gasteiger partial charge in [-0.15, -0.1) is 0 Å². The van der Waals surface area contributed by atoms with Crippen LogP contribution in [-0.2, 0) is 0 Å². The zero-order chi connectivity index (χ0) is 14.7. The molecule has 0 aliphatic carbocycles. The van der Waals surface area contributed by atoms with Crippen LogP contribution in [0, 0.1) is 0 Å². The van der Waals surface area contributed by atoms with Crippen molar-refractivity contribution in [2.45, 2.75) is 25.9 Å². The molecule has 2 rings (SSSR count). The summed E-state index contributed by atoms with van der Waals surface area (Å²) in [6.45, 7) is 4.16. The van der Waals surface area contributed by atoms with E-state index in [0.717, 1.165) is 16.1 Å². The fourth-order valence-electron chi connectivity index (χ4n) is 2.23. The van der Waals surface area contributed by atoms with Gasteiger partial charge >= 0.3 is 0 Å². The van der Waals surface area contributed by atoms with Gasteiger partial charge in [0.25, 0.3) is 0 Å². The Morgan fingerprint density at radius 1 is 0.800 bits per heavy atom. The van der Waals surface area contributed by atoms with Crippen molar-refractivity contribution in [2.24, 2.45) is 0 Å². The quantitative estimate of drug-likeness (QED) is 0.719. The lowest BCUT2D eigenvalue weighted by atomic mass is 10.0. The summed E-state index contributed by atoms with van der Waals surface area (Å²) in [6.07, 6.45) is 0. The Morgan fingerprint density at radius 3 is 2.00 bits per heavy atom. The van der Waals surface area contributed by atoms with E-state index in [4.69, 9.17) is 34.8 Å². The number of benzene rings is 2. The number of hydrogen-bond donors (Lipinski definition) is 1. The first-order chi connectivity index (χ1) is 9.49. The lowest BCUT2D eigenvalue weighted by molar-refractivity contribution is 0.495. The summed E-state index contributed by atoms with van der Waals surface area (Å²) in [5.41, 5.74) is 2.10. The smallest absolute Gasteiger partial charge is 0.0468 e. The normalized spacial score (nSPS) is 14.1. The Bertz CT molecular complexity index is 598. The molecule has 2 aromatic rings. The third-order valence-corrected chi connectivity index (χ3v) is 4.21. The van der Waals surface area contributed by atoms with Crippen molar-refractivity contribution in [1.29, 1.82) is 0 Å². The van der Waals surface area contributed by atoms with Gasteiger partial charge in [-0.1, -0.05) is 59.1 Å². The van der Waals surface area contributed by atoms with Gasteiger partial charge in [-0.3, -0.25) is 0 Å². The van der Waals surface area contributed by atoms with Crippen molar-refractivity contribution in [3.63, 3.8) is 0 Å². The second-order valence-corrected chi connectivity index (χ2v) is 6.05. The first kappa shape index (κ1) is 15.7. The lowest BCUT2D eigenvalue weighted by Gasteiger charge is -2.22. The molecular weight excluding hydrogens is 313 g/mol. The number of nitrogens with one attached hydrogen (secondary N) is 1. The molecule has 1 N–H and O–H groups in total. The molecule has 0 spiro atoms. The number of hydrogen-bond acceptors (Lipinski definition) is 1. The van der Waals surface area contributed by atoms with Crippen LogP contribution in [0.4, 0.5) is 0 Å². The summed E-state index contributed by atoms with van der Waals surface area (Å²) in [5.74, 6) is 0. The molecule has 106 valence electrons. The van der Waals surface area contributed by atoms with Crippen LogP contribution in [0.15, 0.2) is 42.5 Å². The van der Waals surface area contributed by atoms with E-state index in [1.807, 2.05) is 36.4 Å². The predicted octanol–water partition coefficient (Wildman–Crippen LogP) is 6.06. The average Bonchev–Trinajstić information content (AvgIpc) is 2.38. The van der Waals surface area contributed by atoms with E-state index in [9.17, 15) is 0 Å². The van der Waals surface area contributed by atoms with Crippen LogP contribution in [0.3, 0.4) is 0 Å². The monoisotopic (exact) mass is 327 g/mol. The molecule has 2 aromatic carbocycles. The summed E-state index contributed by atoms with van der Waals surface area (Å²) in [4.78, 5) is 0. The fourth-order valence-corrected chi connectivity index (χ4v) is 3.11. The molecule has 0 aliphatic heterocycles. The van der Waals surface area contributed by atoms with E-state index in [1.165, 1.54) is 0 Å². The third-order valence-electron chi connectivity index (χ3n) is 3.30. The van der Waals surface area contributed by atoms with Crippen LogP contribution in [-0.4, -0.2) is 0 Å². The van der Waals surface area contributed by atoms with Crippen LogP contribution in [0.1, 0.15) is 37.1 Å². The SMILES string of the molecule is CC(NC(C)c1ccc(Cl)cc1Cl)c1ccccc1Cl. The van der Waals surface area contributed by atoms with Crippen molar-refractivity contribution in [3.8, 4) is 0 Å². The van der Waals surface area contributed by atoms with Crippen molar-refractivity contribution in [3.05, 3.63) is 68.7 Å². The van der Waals surface area contributed by atoms with Crippen LogP contribution >= 0.6 is 34.8 Å². The Labute approximate surface area is 134 Å². The van der Waals surface area contributed by atoms with E-state index in [-0.39, 0.29) is 12.1 Å². The largest absolute Gasteiger partial charge is 0.304 e. The standard InChI is InChI=1S/C16H16Cl3N/c1-10(13-5-3-4-6-15(13)18)20-11(2)14-8-7-12(17)9-16(14)19/h3-11,20H,1-2H3. The first-order valence-corrected chi connectivity index (χ1v) is 7.58. The van der Waals surface area contributed by atoms with Gasteiger partial charge in [0, 0.05) is 27.2 Å². The van der Waals surface area contributed by atoms with Gasteiger partial charge in [-0.25, -0.2) is 0 Å². The fraction of sp³-hybridized carbons (Fsp3) is 0.250. The molecule has 0 saturated carbocycles. The summed E-state index contributed by atoms with van der Waals surface area (Å²) in [5, 5.41) is 5.58. The second kappa shape index (κ2) is 6.82. The third kappa shape index (κ3) is 3.67. The summed E-state index contributed by atoms with van der Waals surface area (Å²) in [7, 11) is 0. The molecule has 0 amide bonds. The molecule has 0 radical (unpaired) electrons. The van der Waals surface area contributed by atoms with E-state index in [1.54, 1.807) is 6.07 Å². The van der Waals surface area contributed by atoms with Gasteiger partial charge in [0.05, 0.1) is 0 Å². The Kier molecular flexibility index (Phi) is 5.34. The molecule has 0 heterocycles. The minimum atomic E-state index is 0.103. The van der Waals surface area contributed by atoms with Gasteiger partial charge in [-0.2, -0.15) is 0 Å². The lowest BCUT2D eigenvalue weighted by Crippen LogP contribution is -2.23. The van der Waals surface area contributed by atoms with E-state index in [0.29, 0.717) is 10.0 Å². The van der Waals surface area contributed by atoms with Crippen molar-refractivity contribution < 1.29 is 0 Å². The summed E-state index contributed by atoms with van der Waals surface area (Å²) >= 11 is 18.4. The molecule has 20 heavy (non-hydrogen) atoms. The van der Waals surface area contributed by atoms with Crippen molar-refractivity contribution in [2.75, 3.05) is 0 Å². The van der Waals surface area contributed by atoms with Gasteiger partial charge < -0.3 is 5.32 Å². The molecule has 0 saturated heterocycles. The van der Waals surface area contributed by atoms with Crippen molar-refractivity contribution in [1.82, 2.24) is 5.32 Å². The molecule has 2 unspecified atom stereocenters. The van der Waals surface area contributed by atoms with E-state index >= 15 is 0 Å². The molecular formula is C16H16Cl3N. The maximum atomic E-state index is 6.23. The number of rotatable bonds is 4. The molecule has 0 fully saturated rings. The highest BCUT2D eigenvalue weighted by atomic mass is 35.5. The van der Waals surface area contributed by atoms with Gasteiger partial charge in [0.1, 0.15) is 0 Å². The Balaban J connectivity index is 2.15. The van der Waals surface area contributed by atoms with Crippen LogP contribution in [0.2, 0.25) is 15.1 Å². The van der Waals surface area contributed by atoms with Crippen LogP contribution < -0.4 is 5.32 Å². The van der Waals surface area contributed by atoms with E-state index < -0.39 is 0 Å². The summed E-state index contributed by atoms with van der Waals surface area (Å²) < 4.78 is 0. The average molecular weight is 329 g/mol. The highest BCUT2D eigenvalue weighted by Gasteiger charge is 2.15. The van der Waals surface area contributed by atoms with Crippen LogP contribution in [0.5, 0.6) is 0 Å². The van der Waals surface area contributed by atoms with Gasteiger partial charge in [0.15, 0.2) is 0 Å². The highest BCUT2D eigenvalue weighted by Crippen LogP contribution is 2.29. The topological polar surface area (TPSA) is 12.0 Å².